The van der Waals surface area contributed by atoms with Crippen LogP contribution >= 0.6 is 22.6 Å². The zero-order valence-electron chi connectivity index (χ0n) is 11.9. The highest BCUT2D eigenvalue weighted by atomic mass is 127. The number of aliphatic carboxylic acids is 1. The largest absolute Gasteiger partial charge is 0.480 e. The summed E-state index contributed by atoms with van der Waals surface area (Å²) in [5.74, 6) is -5.58. The molecule has 0 unspecified atom stereocenters. The van der Waals surface area contributed by atoms with Gasteiger partial charge in [-0.15, -0.1) is 0 Å². The Balaban J connectivity index is 2.41. The molecule has 0 saturated heterocycles. The van der Waals surface area contributed by atoms with Crippen LogP contribution < -0.4 is 10.6 Å². The molecule has 0 heterocycles. The van der Waals surface area contributed by atoms with Crippen LogP contribution in [0.4, 0.5) is 24.5 Å². The fraction of sp³-hybridized carbons (Fsp3) is 0.0667. The van der Waals surface area contributed by atoms with Gasteiger partial charge >= 0.3 is 5.97 Å². The Morgan fingerprint density at radius 2 is 1.79 bits per heavy atom. The second-order valence-electron chi connectivity index (χ2n) is 4.61. The molecule has 24 heavy (non-hydrogen) atoms. The Hall–Kier alpha value is -2.30. The molecule has 2 aromatic rings. The van der Waals surface area contributed by atoms with Gasteiger partial charge in [0.1, 0.15) is 12.4 Å². The molecule has 2 rings (SSSR count). The first kappa shape index (κ1) is 18.0. The normalized spacial score (nSPS) is 10.3. The lowest BCUT2D eigenvalue weighted by Gasteiger charge is -2.14. The van der Waals surface area contributed by atoms with Crippen LogP contribution in [0.5, 0.6) is 0 Å². The third-order valence-corrected chi connectivity index (χ3v) is 3.60. The second-order valence-corrected chi connectivity index (χ2v) is 5.86. The van der Waals surface area contributed by atoms with Crippen molar-refractivity contribution in [3.8, 4) is 0 Å². The third kappa shape index (κ3) is 4.16. The summed E-state index contributed by atoms with van der Waals surface area (Å²) in [7, 11) is 0. The molecule has 0 spiro atoms. The van der Waals surface area contributed by atoms with Crippen molar-refractivity contribution in [2.45, 2.75) is 0 Å². The Bertz CT molecular complexity index is 815. The van der Waals surface area contributed by atoms with E-state index in [0.29, 0.717) is 3.57 Å². The van der Waals surface area contributed by atoms with Crippen LogP contribution in [0.1, 0.15) is 10.4 Å². The second kappa shape index (κ2) is 7.51. The number of amides is 1. The first-order chi connectivity index (χ1) is 11.3. The molecule has 1 amide bonds. The molecule has 9 heteroatoms. The van der Waals surface area contributed by atoms with Crippen LogP contribution in [0.15, 0.2) is 30.3 Å². The fourth-order valence-corrected chi connectivity index (χ4v) is 2.29. The van der Waals surface area contributed by atoms with Gasteiger partial charge < -0.3 is 15.7 Å². The predicted molar refractivity (Wildman–Crippen MR) is 88.7 cm³/mol. The standard InChI is InChI=1S/C15H10F3IN2O3/c16-9-3-2-8(15(24)20-6-12(22)23)14(13(9)18)21-11-4-1-7(19)5-10(11)17/h1-5,21H,6H2,(H,20,24)(H,22,23). The predicted octanol–water partition coefficient (Wildman–Crippen LogP) is 3.27. The van der Waals surface area contributed by atoms with Gasteiger partial charge in [-0.2, -0.15) is 0 Å². The van der Waals surface area contributed by atoms with E-state index in [1.807, 2.05) is 27.9 Å². The average molecular weight is 450 g/mol. The van der Waals surface area contributed by atoms with Crippen molar-refractivity contribution in [2.24, 2.45) is 0 Å². The van der Waals surface area contributed by atoms with E-state index in [1.54, 1.807) is 0 Å². The number of carboxylic acid groups (broad SMARTS) is 1. The molecule has 0 fully saturated rings. The Morgan fingerprint density at radius 1 is 1.08 bits per heavy atom. The molecule has 0 bridgehead atoms. The van der Waals surface area contributed by atoms with Crippen molar-refractivity contribution in [3.63, 3.8) is 0 Å². The minimum atomic E-state index is -1.38. The van der Waals surface area contributed by atoms with E-state index in [-0.39, 0.29) is 11.3 Å². The van der Waals surface area contributed by atoms with Crippen molar-refractivity contribution < 1.29 is 27.9 Å². The van der Waals surface area contributed by atoms with Gasteiger partial charge in [0.15, 0.2) is 11.6 Å². The van der Waals surface area contributed by atoms with Gasteiger partial charge in [-0.1, -0.05) is 0 Å². The number of hydrogen-bond acceptors (Lipinski definition) is 3. The number of nitrogens with one attached hydrogen (secondary N) is 2. The van der Waals surface area contributed by atoms with Crippen LogP contribution in [-0.2, 0) is 4.79 Å². The average Bonchev–Trinajstić information content (AvgIpc) is 2.52. The van der Waals surface area contributed by atoms with E-state index in [4.69, 9.17) is 5.11 Å². The summed E-state index contributed by atoms with van der Waals surface area (Å²) >= 11 is 1.88. The highest BCUT2D eigenvalue weighted by Gasteiger charge is 2.20. The first-order valence-electron chi connectivity index (χ1n) is 6.49. The summed E-state index contributed by atoms with van der Waals surface area (Å²) in [4.78, 5) is 22.5. The number of carbonyl (C=O) groups excluding carboxylic acids is 1. The molecule has 126 valence electrons. The van der Waals surface area contributed by atoms with Crippen molar-refractivity contribution in [3.05, 3.63) is 56.9 Å². The summed E-state index contributed by atoms with van der Waals surface area (Å²) < 4.78 is 42.0. The van der Waals surface area contributed by atoms with Gasteiger partial charge in [-0.3, -0.25) is 9.59 Å². The van der Waals surface area contributed by atoms with E-state index >= 15 is 0 Å². The zero-order valence-corrected chi connectivity index (χ0v) is 14.0. The van der Waals surface area contributed by atoms with Gasteiger partial charge in [0.25, 0.3) is 5.91 Å². The lowest BCUT2D eigenvalue weighted by Crippen LogP contribution is -2.30. The number of benzene rings is 2. The van der Waals surface area contributed by atoms with E-state index < -0.39 is 41.6 Å². The molecule has 2 aromatic carbocycles. The molecule has 0 aromatic heterocycles. The smallest absolute Gasteiger partial charge is 0.322 e. The fourth-order valence-electron chi connectivity index (χ4n) is 1.84. The van der Waals surface area contributed by atoms with Crippen LogP contribution in [0, 0.1) is 21.0 Å². The molecule has 0 aliphatic rings. The molecule has 3 N–H and O–H groups in total. The summed E-state index contributed by atoms with van der Waals surface area (Å²) in [6.45, 7) is -0.699. The number of hydrogen-bond donors (Lipinski definition) is 3. The van der Waals surface area contributed by atoms with Crippen molar-refractivity contribution in [1.29, 1.82) is 0 Å². The van der Waals surface area contributed by atoms with Crippen LogP contribution in [-0.4, -0.2) is 23.5 Å². The Morgan fingerprint density at radius 3 is 2.42 bits per heavy atom. The van der Waals surface area contributed by atoms with Crippen molar-refractivity contribution in [2.75, 3.05) is 11.9 Å². The highest BCUT2D eigenvalue weighted by Crippen LogP contribution is 2.28. The third-order valence-electron chi connectivity index (χ3n) is 2.93. The van der Waals surface area contributed by atoms with Crippen LogP contribution in [0.3, 0.4) is 0 Å². The maximum absolute atomic E-state index is 14.1. The molecule has 0 aliphatic carbocycles. The lowest BCUT2D eigenvalue weighted by molar-refractivity contribution is -0.135. The minimum Gasteiger partial charge on any atom is -0.480 e. The molecule has 0 saturated carbocycles. The van der Waals surface area contributed by atoms with Crippen LogP contribution in [0.25, 0.3) is 0 Å². The van der Waals surface area contributed by atoms with Crippen molar-refractivity contribution >= 4 is 45.8 Å². The summed E-state index contributed by atoms with van der Waals surface area (Å²) in [5, 5.41) is 12.9. The van der Waals surface area contributed by atoms with Gasteiger partial charge in [-0.25, -0.2) is 13.2 Å². The molecule has 0 radical (unpaired) electrons. The highest BCUT2D eigenvalue weighted by molar-refractivity contribution is 14.1. The number of halogens is 4. The SMILES string of the molecule is O=C(O)CNC(=O)c1ccc(F)c(F)c1Nc1ccc(I)cc1F. The lowest BCUT2D eigenvalue weighted by atomic mass is 10.1. The quantitative estimate of drug-likeness (QED) is 0.612. The van der Waals surface area contributed by atoms with Gasteiger partial charge in [-0.05, 0) is 52.9 Å². The van der Waals surface area contributed by atoms with E-state index in [9.17, 15) is 22.8 Å². The zero-order chi connectivity index (χ0) is 17.9. The molecule has 0 aliphatic heterocycles. The summed E-state index contributed by atoms with van der Waals surface area (Å²) in [5.41, 5.74) is -1.10. The van der Waals surface area contributed by atoms with E-state index in [0.717, 1.165) is 12.1 Å². The number of anilines is 2. The van der Waals surface area contributed by atoms with Crippen LogP contribution in [0.2, 0.25) is 0 Å². The van der Waals surface area contributed by atoms with Gasteiger partial charge in [0, 0.05) is 3.57 Å². The topological polar surface area (TPSA) is 78.4 Å². The minimum absolute atomic E-state index is 0.160. The van der Waals surface area contributed by atoms with E-state index in [1.165, 1.54) is 18.2 Å². The van der Waals surface area contributed by atoms with Gasteiger partial charge in [0.2, 0.25) is 0 Å². The summed E-state index contributed by atoms with van der Waals surface area (Å²) in [6.07, 6.45) is 0. The molecule has 0 atom stereocenters. The number of carbonyl (C=O) groups is 2. The summed E-state index contributed by atoms with van der Waals surface area (Å²) in [6, 6.07) is 5.71. The maximum atomic E-state index is 14.1. The Labute approximate surface area is 148 Å². The number of carboxylic acids is 1. The monoisotopic (exact) mass is 450 g/mol. The Kier molecular flexibility index (Phi) is 5.65. The number of rotatable bonds is 5. The maximum Gasteiger partial charge on any atom is 0.322 e. The first-order valence-corrected chi connectivity index (χ1v) is 7.57. The van der Waals surface area contributed by atoms with E-state index in [2.05, 4.69) is 5.32 Å². The molecule has 5 nitrogen and oxygen atoms in total. The van der Waals surface area contributed by atoms with Gasteiger partial charge in [0.05, 0.1) is 16.9 Å². The van der Waals surface area contributed by atoms with Crippen molar-refractivity contribution in [1.82, 2.24) is 5.32 Å². The molecular weight excluding hydrogens is 440 g/mol. The molecular formula is C15H10F3IN2O3.